The van der Waals surface area contributed by atoms with Gasteiger partial charge in [0.1, 0.15) is 0 Å². The molecule has 0 aliphatic carbocycles. The van der Waals surface area contributed by atoms with Crippen molar-refractivity contribution in [1.82, 2.24) is 20.2 Å². The number of aliphatic imine (C=N–C) groups is 1. The van der Waals surface area contributed by atoms with Crippen molar-refractivity contribution in [2.75, 3.05) is 51.3 Å². The van der Waals surface area contributed by atoms with E-state index in [9.17, 15) is 4.79 Å². The molecule has 0 amide bonds. The third-order valence-electron chi connectivity index (χ3n) is 3.87. The van der Waals surface area contributed by atoms with Crippen LogP contribution in [0.5, 0.6) is 0 Å². The summed E-state index contributed by atoms with van der Waals surface area (Å²) < 4.78 is 4.75. The molecular formula is C16H26N6O2. The van der Waals surface area contributed by atoms with E-state index in [-0.39, 0.29) is 11.9 Å². The quantitative estimate of drug-likeness (QED) is 0.473. The van der Waals surface area contributed by atoms with E-state index in [1.165, 1.54) is 7.11 Å². The average Bonchev–Trinajstić information content (AvgIpc) is 2.65. The number of aromatic nitrogens is 2. The Morgan fingerprint density at radius 2 is 2.00 bits per heavy atom. The van der Waals surface area contributed by atoms with Crippen molar-refractivity contribution in [3.8, 4) is 0 Å². The predicted octanol–water partition coefficient (Wildman–Crippen LogP) is 0.373. The second kappa shape index (κ2) is 9.05. The zero-order chi connectivity index (χ0) is 17.4. The van der Waals surface area contributed by atoms with Crippen molar-refractivity contribution in [3.05, 3.63) is 18.5 Å². The molecule has 1 fully saturated rings. The van der Waals surface area contributed by atoms with E-state index in [1.807, 2.05) is 19.9 Å². The fraction of sp³-hybridized carbons (Fsp3) is 0.625. The molecule has 0 aromatic carbocycles. The van der Waals surface area contributed by atoms with Gasteiger partial charge in [-0.15, -0.1) is 0 Å². The van der Waals surface area contributed by atoms with Crippen molar-refractivity contribution < 1.29 is 9.53 Å². The van der Waals surface area contributed by atoms with Gasteiger partial charge in [0.25, 0.3) is 0 Å². The molecule has 0 bridgehead atoms. The number of piperazine rings is 1. The predicted molar refractivity (Wildman–Crippen MR) is 93.0 cm³/mol. The van der Waals surface area contributed by atoms with Gasteiger partial charge in [0, 0.05) is 45.1 Å². The molecule has 0 saturated carbocycles. The first kappa shape index (κ1) is 18.0. The Labute approximate surface area is 142 Å². The number of esters is 1. The maximum absolute atomic E-state index is 11.5. The molecule has 1 atom stereocenters. The van der Waals surface area contributed by atoms with Crippen molar-refractivity contribution in [1.29, 1.82) is 0 Å². The molecule has 0 spiro atoms. The lowest BCUT2D eigenvalue weighted by atomic mass is 10.2. The van der Waals surface area contributed by atoms with E-state index in [2.05, 4.69) is 30.1 Å². The number of carbonyl (C=O) groups is 1. The van der Waals surface area contributed by atoms with E-state index >= 15 is 0 Å². The summed E-state index contributed by atoms with van der Waals surface area (Å²) in [6.45, 7) is 8.39. The Morgan fingerprint density at radius 1 is 1.33 bits per heavy atom. The van der Waals surface area contributed by atoms with E-state index in [1.54, 1.807) is 12.4 Å². The van der Waals surface area contributed by atoms with Crippen LogP contribution in [0.1, 0.15) is 13.8 Å². The van der Waals surface area contributed by atoms with Gasteiger partial charge in [-0.05, 0) is 13.0 Å². The first-order valence-electron chi connectivity index (χ1n) is 8.28. The van der Waals surface area contributed by atoms with Crippen molar-refractivity contribution in [3.63, 3.8) is 0 Å². The fourth-order valence-corrected chi connectivity index (χ4v) is 2.50. The highest BCUT2D eigenvalue weighted by Crippen LogP contribution is 2.10. The monoisotopic (exact) mass is 334 g/mol. The van der Waals surface area contributed by atoms with Crippen molar-refractivity contribution in [2.45, 2.75) is 13.8 Å². The third-order valence-corrected chi connectivity index (χ3v) is 3.87. The molecule has 2 heterocycles. The maximum atomic E-state index is 11.5. The average molecular weight is 334 g/mol. The molecule has 1 saturated heterocycles. The van der Waals surface area contributed by atoms with Crippen LogP contribution in [0, 0.1) is 5.92 Å². The Bertz CT molecular complexity index is 543. The number of methoxy groups -OCH3 is 1. The van der Waals surface area contributed by atoms with Crippen LogP contribution in [0.15, 0.2) is 23.5 Å². The van der Waals surface area contributed by atoms with Gasteiger partial charge in [0.15, 0.2) is 5.96 Å². The number of nitrogens with one attached hydrogen (secondary N) is 1. The van der Waals surface area contributed by atoms with Crippen LogP contribution in [-0.4, -0.2) is 73.2 Å². The second-order valence-corrected chi connectivity index (χ2v) is 5.64. The largest absolute Gasteiger partial charge is 0.469 e. The van der Waals surface area contributed by atoms with Crippen molar-refractivity contribution in [2.24, 2.45) is 10.9 Å². The number of ether oxygens (including phenoxy) is 1. The lowest BCUT2D eigenvalue weighted by molar-refractivity contribution is -0.144. The summed E-state index contributed by atoms with van der Waals surface area (Å²) in [7, 11) is 1.40. The molecule has 24 heavy (non-hydrogen) atoms. The van der Waals surface area contributed by atoms with Crippen LogP contribution < -0.4 is 10.2 Å². The summed E-state index contributed by atoms with van der Waals surface area (Å²) in [4.78, 5) is 29.1. The Morgan fingerprint density at radius 3 is 2.58 bits per heavy atom. The third kappa shape index (κ3) is 4.81. The Kier molecular flexibility index (Phi) is 6.77. The number of hydrogen-bond donors (Lipinski definition) is 1. The minimum absolute atomic E-state index is 0.236. The summed E-state index contributed by atoms with van der Waals surface area (Å²) in [6.07, 6.45) is 3.52. The van der Waals surface area contributed by atoms with E-state index < -0.39 is 0 Å². The molecule has 1 aromatic rings. The lowest BCUT2D eigenvalue weighted by Crippen LogP contribution is -2.53. The summed E-state index contributed by atoms with van der Waals surface area (Å²) in [6, 6.07) is 1.82. The van der Waals surface area contributed by atoms with E-state index in [0.717, 1.165) is 44.6 Å². The summed E-state index contributed by atoms with van der Waals surface area (Å²) in [5.74, 6) is 1.11. The SMILES string of the molecule is CCNC(=NCC(C)C(=O)OC)N1CCN(c2ncccn2)CC1. The summed E-state index contributed by atoms with van der Waals surface area (Å²) >= 11 is 0. The minimum Gasteiger partial charge on any atom is -0.469 e. The van der Waals surface area contributed by atoms with Gasteiger partial charge in [-0.25, -0.2) is 9.97 Å². The molecular weight excluding hydrogens is 308 g/mol. The van der Waals surface area contributed by atoms with Gasteiger partial charge in [-0.2, -0.15) is 0 Å². The number of hydrogen-bond acceptors (Lipinski definition) is 6. The molecule has 1 unspecified atom stereocenters. The number of rotatable bonds is 5. The molecule has 2 rings (SSSR count). The molecule has 1 aromatic heterocycles. The first-order valence-corrected chi connectivity index (χ1v) is 8.28. The topological polar surface area (TPSA) is 83.0 Å². The van der Waals surface area contributed by atoms with Gasteiger partial charge >= 0.3 is 5.97 Å². The van der Waals surface area contributed by atoms with E-state index in [4.69, 9.17) is 4.74 Å². The molecule has 1 aliphatic rings. The van der Waals surface area contributed by atoms with Crippen LogP contribution in [0.2, 0.25) is 0 Å². The molecule has 1 aliphatic heterocycles. The number of carbonyl (C=O) groups excluding carboxylic acids is 1. The highest BCUT2D eigenvalue weighted by Gasteiger charge is 2.21. The second-order valence-electron chi connectivity index (χ2n) is 5.64. The molecule has 8 heteroatoms. The Balaban J connectivity index is 1.94. The number of nitrogens with zero attached hydrogens (tertiary/aromatic N) is 5. The normalized spacial score (nSPS) is 16.7. The van der Waals surface area contributed by atoms with Gasteiger partial charge in [0.05, 0.1) is 19.6 Å². The highest BCUT2D eigenvalue weighted by molar-refractivity contribution is 5.81. The zero-order valence-electron chi connectivity index (χ0n) is 14.6. The standard InChI is InChI=1S/C16H26N6O2/c1-4-17-15(20-12-13(2)14(23)24-3)21-8-10-22(11-9-21)16-18-6-5-7-19-16/h5-7,13H,4,8-12H2,1-3H3,(H,17,20). The van der Waals surface area contributed by atoms with E-state index in [0.29, 0.717) is 6.54 Å². The minimum atomic E-state index is -0.248. The summed E-state index contributed by atoms with van der Waals surface area (Å²) in [5.41, 5.74) is 0. The van der Waals surface area contributed by atoms with Gasteiger partial charge in [0.2, 0.25) is 5.95 Å². The van der Waals surface area contributed by atoms with Crippen LogP contribution in [0.25, 0.3) is 0 Å². The molecule has 132 valence electrons. The number of anilines is 1. The van der Waals surface area contributed by atoms with Crippen molar-refractivity contribution >= 4 is 17.9 Å². The smallest absolute Gasteiger partial charge is 0.310 e. The van der Waals surface area contributed by atoms with Gasteiger partial charge in [-0.3, -0.25) is 9.79 Å². The first-order chi connectivity index (χ1) is 11.7. The molecule has 1 N–H and O–H groups in total. The maximum Gasteiger partial charge on any atom is 0.310 e. The van der Waals surface area contributed by atoms with Crippen LogP contribution in [-0.2, 0) is 9.53 Å². The molecule has 0 radical (unpaired) electrons. The summed E-state index contributed by atoms with van der Waals surface area (Å²) in [5, 5.41) is 3.29. The Hall–Kier alpha value is -2.38. The highest BCUT2D eigenvalue weighted by atomic mass is 16.5. The van der Waals surface area contributed by atoms with Crippen LogP contribution >= 0.6 is 0 Å². The lowest BCUT2D eigenvalue weighted by Gasteiger charge is -2.36. The number of guanidine groups is 1. The van der Waals surface area contributed by atoms with Crippen LogP contribution in [0.3, 0.4) is 0 Å². The van der Waals surface area contributed by atoms with Crippen LogP contribution in [0.4, 0.5) is 5.95 Å². The fourth-order valence-electron chi connectivity index (χ4n) is 2.50. The van der Waals surface area contributed by atoms with Gasteiger partial charge in [-0.1, -0.05) is 6.92 Å². The van der Waals surface area contributed by atoms with Gasteiger partial charge < -0.3 is 19.9 Å². The zero-order valence-corrected chi connectivity index (χ0v) is 14.6. The molecule has 8 nitrogen and oxygen atoms in total.